The zero-order valence-electron chi connectivity index (χ0n) is 9.11. The van der Waals surface area contributed by atoms with Gasteiger partial charge in [0, 0.05) is 22.3 Å². The van der Waals surface area contributed by atoms with Gasteiger partial charge in [-0.2, -0.15) is 0 Å². The van der Waals surface area contributed by atoms with Gasteiger partial charge in [-0.1, -0.05) is 24.3 Å². The summed E-state index contributed by atoms with van der Waals surface area (Å²) in [4.78, 5) is 24.5. The SMILES string of the molecule is O=C1c2ccccc2C(=O)c2cc(Br)c(O)cc21. The molecule has 0 heterocycles. The molecule has 3 nitrogen and oxygen atoms in total. The fourth-order valence-corrected chi connectivity index (χ4v) is 2.45. The van der Waals surface area contributed by atoms with Crippen LogP contribution in [0.3, 0.4) is 0 Å². The predicted molar refractivity (Wildman–Crippen MR) is 69.1 cm³/mol. The number of hydrogen-bond acceptors (Lipinski definition) is 3. The second kappa shape index (κ2) is 3.78. The number of phenols is 1. The number of halogens is 1. The van der Waals surface area contributed by atoms with Crippen molar-refractivity contribution in [3.05, 3.63) is 63.1 Å². The Morgan fingerprint density at radius 3 is 1.89 bits per heavy atom. The first-order chi connectivity index (χ1) is 8.59. The van der Waals surface area contributed by atoms with E-state index in [1.165, 1.54) is 12.1 Å². The summed E-state index contributed by atoms with van der Waals surface area (Å²) in [6.45, 7) is 0. The first-order valence-corrected chi connectivity index (χ1v) is 6.10. The highest BCUT2D eigenvalue weighted by Crippen LogP contribution is 2.33. The Kier molecular flexibility index (Phi) is 2.35. The summed E-state index contributed by atoms with van der Waals surface area (Å²) in [5.41, 5.74) is 1.37. The molecule has 0 amide bonds. The average Bonchev–Trinajstić information content (AvgIpc) is 2.38. The van der Waals surface area contributed by atoms with Gasteiger partial charge in [0.25, 0.3) is 0 Å². The molecule has 4 heteroatoms. The lowest BCUT2D eigenvalue weighted by molar-refractivity contribution is 0.0979. The Balaban J connectivity index is 2.34. The molecule has 1 N–H and O–H groups in total. The normalized spacial score (nSPS) is 13.2. The van der Waals surface area contributed by atoms with Crippen LogP contribution in [0.25, 0.3) is 0 Å². The third-order valence-corrected chi connectivity index (χ3v) is 3.63. The molecule has 18 heavy (non-hydrogen) atoms. The van der Waals surface area contributed by atoms with E-state index in [1.807, 2.05) is 0 Å². The van der Waals surface area contributed by atoms with Crippen molar-refractivity contribution in [2.24, 2.45) is 0 Å². The summed E-state index contributed by atoms with van der Waals surface area (Å²) in [6.07, 6.45) is 0. The van der Waals surface area contributed by atoms with Crippen LogP contribution in [0.5, 0.6) is 5.75 Å². The molecule has 0 fully saturated rings. The maximum atomic E-state index is 12.3. The van der Waals surface area contributed by atoms with E-state index >= 15 is 0 Å². The summed E-state index contributed by atoms with van der Waals surface area (Å²) in [5, 5.41) is 9.62. The second-order valence-electron chi connectivity index (χ2n) is 4.05. The van der Waals surface area contributed by atoms with Crippen LogP contribution < -0.4 is 0 Å². The molecule has 88 valence electrons. The Bertz CT molecular complexity index is 644. The third kappa shape index (κ3) is 1.42. The number of aromatic hydroxyl groups is 1. The van der Waals surface area contributed by atoms with Crippen molar-refractivity contribution in [2.45, 2.75) is 0 Å². The molecule has 2 aromatic rings. The smallest absolute Gasteiger partial charge is 0.194 e. The molecule has 1 aliphatic carbocycles. The van der Waals surface area contributed by atoms with Gasteiger partial charge in [-0.25, -0.2) is 0 Å². The number of rotatable bonds is 0. The molecule has 0 atom stereocenters. The van der Waals surface area contributed by atoms with Crippen molar-refractivity contribution >= 4 is 27.5 Å². The Hall–Kier alpha value is -1.94. The average molecular weight is 303 g/mol. The van der Waals surface area contributed by atoms with Gasteiger partial charge < -0.3 is 5.11 Å². The molecule has 0 aliphatic heterocycles. The molecule has 1 aliphatic rings. The zero-order valence-corrected chi connectivity index (χ0v) is 10.7. The summed E-state index contributed by atoms with van der Waals surface area (Å²) < 4.78 is 0.404. The van der Waals surface area contributed by atoms with E-state index < -0.39 is 0 Å². The lowest BCUT2D eigenvalue weighted by Crippen LogP contribution is -2.20. The highest BCUT2D eigenvalue weighted by Gasteiger charge is 2.30. The topological polar surface area (TPSA) is 54.4 Å². The van der Waals surface area contributed by atoms with Gasteiger partial charge in [0.15, 0.2) is 11.6 Å². The van der Waals surface area contributed by atoms with Crippen LogP contribution in [0.4, 0.5) is 0 Å². The molecule has 0 radical (unpaired) electrons. The number of carbonyl (C=O) groups excluding carboxylic acids is 2. The van der Waals surface area contributed by atoms with Crippen molar-refractivity contribution in [1.82, 2.24) is 0 Å². The van der Waals surface area contributed by atoms with E-state index in [-0.39, 0.29) is 22.9 Å². The standard InChI is InChI=1S/C14H7BrO3/c15-11-5-9-10(6-12(11)16)14(18)8-4-2-1-3-7(8)13(9)17/h1-6,16H. The molecular formula is C14H7BrO3. The van der Waals surface area contributed by atoms with E-state index in [1.54, 1.807) is 24.3 Å². The Labute approximate surface area is 111 Å². The van der Waals surface area contributed by atoms with Crippen LogP contribution in [0.15, 0.2) is 40.9 Å². The molecule has 0 unspecified atom stereocenters. The van der Waals surface area contributed by atoms with E-state index in [2.05, 4.69) is 15.9 Å². The van der Waals surface area contributed by atoms with Gasteiger partial charge in [-0.3, -0.25) is 9.59 Å². The number of fused-ring (bicyclic) bond motifs is 2. The minimum absolute atomic E-state index is 0.0470. The minimum atomic E-state index is -0.233. The van der Waals surface area contributed by atoms with Crippen LogP contribution in [0.1, 0.15) is 31.8 Å². The Morgan fingerprint density at radius 1 is 0.833 bits per heavy atom. The van der Waals surface area contributed by atoms with Gasteiger partial charge in [0.05, 0.1) is 4.47 Å². The van der Waals surface area contributed by atoms with Crippen molar-refractivity contribution in [3.8, 4) is 5.75 Å². The lowest BCUT2D eigenvalue weighted by Gasteiger charge is -2.17. The maximum absolute atomic E-state index is 12.3. The van der Waals surface area contributed by atoms with E-state index in [4.69, 9.17) is 0 Å². The summed E-state index contributed by atoms with van der Waals surface area (Å²) in [7, 11) is 0. The number of hydrogen-bond donors (Lipinski definition) is 1. The van der Waals surface area contributed by atoms with Crippen LogP contribution in [0.2, 0.25) is 0 Å². The highest BCUT2D eigenvalue weighted by atomic mass is 79.9. The fourth-order valence-electron chi connectivity index (χ4n) is 2.11. The number of ketones is 2. The van der Waals surface area contributed by atoms with E-state index in [9.17, 15) is 14.7 Å². The molecule has 0 saturated heterocycles. The predicted octanol–water partition coefficient (Wildman–Crippen LogP) is 2.93. The summed E-state index contributed by atoms with van der Waals surface area (Å²) in [5.74, 6) is -0.474. The lowest BCUT2D eigenvalue weighted by atomic mass is 9.84. The molecule has 3 rings (SSSR count). The number of phenolic OH excluding ortho intramolecular Hbond substituents is 1. The van der Waals surface area contributed by atoms with Crippen LogP contribution in [-0.2, 0) is 0 Å². The zero-order chi connectivity index (χ0) is 12.9. The molecule has 0 spiro atoms. The van der Waals surface area contributed by atoms with Crippen molar-refractivity contribution in [1.29, 1.82) is 0 Å². The van der Waals surface area contributed by atoms with Crippen LogP contribution >= 0.6 is 15.9 Å². The fraction of sp³-hybridized carbons (Fsp3) is 0. The van der Waals surface area contributed by atoms with Gasteiger partial charge in [0.2, 0.25) is 0 Å². The van der Waals surface area contributed by atoms with Crippen LogP contribution in [-0.4, -0.2) is 16.7 Å². The first kappa shape index (κ1) is 11.2. The molecule has 0 saturated carbocycles. The van der Waals surface area contributed by atoms with E-state index in [0.29, 0.717) is 21.2 Å². The second-order valence-corrected chi connectivity index (χ2v) is 4.91. The van der Waals surface area contributed by atoms with Gasteiger partial charge in [-0.05, 0) is 28.1 Å². The summed E-state index contributed by atoms with van der Waals surface area (Å²) >= 11 is 3.15. The number of carbonyl (C=O) groups is 2. The van der Waals surface area contributed by atoms with Crippen molar-refractivity contribution in [2.75, 3.05) is 0 Å². The van der Waals surface area contributed by atoms with Crippen molar-refractivity contribution in [3.63, 3.8) is 0 Å². The van der Waals surface area contributed by atoms with Crippen LogP contribution in [0, 0.1) is 0 Å². The van der Waals surface area contributed by atoms with Gasteiger partial charge >= 0.3 is 0 Å². The van der Waals surface area contributed by atoms with Gasteiger partial charge in [0.1, 0.15) is 5.75 Å². The third-order valence-electron chi connectivity index (χ3n) is 2.99. The first-order valence-electron chi connectivity index (χ1n) is 5.30. The van der Waals surface area contributed by atoms with E-state index in [0.717, 1.165) is 0 Å². The summed E-state index contributed by atoms with van der Waals surface area (Å²) in [6, 6.07) is 9.52. The highest BCUT2D eigenvalue weighted by molar-refractivity contribution is 9.10. The Morgan fingerprint density at radius 2 is 1.33 bits per heavy atom. The van der Waals surface area contributed by atoms with Gasteiger partial charge in [-0.15, -0.1) is 0 Å². The quantitative estimate of drug-likeness (QED) is 0.694. The van der Waals surface area contributed by atoms with Crippen molar-refractivity contribution < 1.29 is 14.7 Å². The number of benzene rings is 2. The molecule has 2 aromatic carbocycles. The molecular weight excluding hydrogens is 296 g/mol. The largest absolute Gasteiger partial charge is 0.507 e. The monoisotopic (exact) mass is 302 g/mol. The maximum Gasteiger partial charge on any atom is 0.194 e. The molecule has 0 aromatic heterocycles. The molecule has 0 bridgehead atoms. The minimum Gasteiger partial charge on any atom is -0.507 e.